The molecule has 4 rings (SSSR count). The molecular formula is C25H38O4. The Bertz CT molecular complexity index is 744. The molecule has 29 heavy (non-hydrogen) atoms. The van der Waals surface area contributed by atoms with E-state index in [0.717, 1.165) is 37.9 Å². The van der Waals surface area contributed by atoms with E-state index in [-0.39, 0.29) is 35.7 Å². The van der Waals surface area contributed by atoms with Gasteiger partial charge in [0.15, 0.2) is 5.79 Å². The van der Waals surface area contributed by atoms with E-state index < -0.39 is 5.79 Å². The smallest absolute Gasteiger partial charge is 0.164 e. The van der Waals surface area contributed by atoms with Crippen LogP contribution in [0.25, 0.3) is 0 Å². The summed E-state index contributed by atoms with van der Waals surface area (Å²) in [4.78, 5) is 0. The molecule has 2 heterocycles. The molecule has 0 aromatic carbocycles. The fourth-order valence-electron chi connectivity index (χ4n) is 5.49. The van der Waals surface area contributed by atoms with Gasteiger partial charge in [0.25, 0.3) is 0 Å². The molecule has 162 valence electrons. The second-order valence-corrected chi connectivity index (χ2v) is 10.9. The molecule has 4 nitrogen and oxygen atoms in total. The predicted molar refractivity (Wildman–Crippen MR) is 114 cm³/mol. The average molecular weight is 403 g/mol. The van der Waals surface area contributed by atoms with Crippen molar-refractivity contribution in [3.63, 3.8) is 0 Å². The van der Waals surface area contributed by atoms with E-state index in [0.29, 0.717) is 5.92 Å². The van der Waals surface area contributed by atoms with Gasteiger partial charge in [-0.25, -0.2) is 0 Å². The van der Waals surface area contributed by atoms with Crippen LogP contribution in [-0.4, -0.2) is 35.3 Å². The predicted octanol–water partition coefficient (Wildman–Crippen LogP) is 5.28. The highest BCUT2D eigenvalue weighted by molar-refractivity contribution is 5.32. The minimum atomic E-state index is -0.636. The molecule has 1 N–H and O–H groups in total. The highest BCUT2D eigenvalue weighted by Crippen LogP contribution is 2.53. The van der Waals surface area contributed by atoms with E-state index in [4.69, 9.17) is 14.2 Å². The van der Waals surface area contributed by atoms with E-state index in [1.165, 1.54) is 11.1 Å². The van der Waals surface area contributed by atoms with Crippen LogP contribution in [0.15, 0.2) is 35.1 Å². The quantitative estimate of drug-likeness (QED) is 0.606. The van der Waals surface area contributed by atoms with Crippen molar-refractivity contribution in [2.75, 3.05) is 6.61 Å². The number of aliphatic hydroxyl groups excluding tert-OH is 1. The molecule has 0 aromatic heterocycles. The minimum absolute atomic E-state index is 0.0226. The maximum atomic E-state index is 10.2. The van der Waals surface area contributed by atoms with Crippen LogP contribution in [-0.2, 0) is 14.2 Å². The highest BCUT2D eigenvalue weighted by atomic mass is 16.8. The molecule has 4 heteroatoms. The van der Waals surface area contributed by atoms with Crippen molar-refractivity contribution < 1.29 is 19.3 Å². The fraction of sp³-hybridized carbons (Fsp3) is 0.760. The Morgan fingerprint density at radius 2 is 1.86 bits per heavy atom. The number of rotatable bonds is 1. The Morgan fingerprint density at radius 3 is 2.59 bits per heavy atom. The summed E-state index contributed by atoms with van der Waals surface area (Å²) in [5.41, 5.74) is 2.58. The molecule has 0 unspecified atom stereocenters. The molecule has 2 aliphatic heterocycles. The number of ether oxygens (including phenoxy) is 3. The topological polar surface area (TPSA) is 47.9 Å². The second-order valence-electron chi connectivity index (χ2n) is 10.9. The molecule has 0 bridgehead atoms. The molecular weight excluding hydrogens is 364 g/mol. The Morgan fingerprint density at radius 1 is 1.10 bits per heavy atom. The average Bonchev–Trinajstić information content (AvgIpc) is 3.06. The van der Waals surface area contributed by atoms with Crippen LogP contribution in [0.4, 0.5) is 0 Å². The maximum Gasteiger partial charge on any atom is 0.164 e. The summed E-state index contributed by atoms with van der Waals surface area (Å²) in [6.07, 6.45) is 11.9. The van der Waals surface area contributed by atoms with E-state index in [2.05, 4.69) is 45.9 Å². The number of fused-ring (bicyclic) bond motifs is 3. The van der Waals surface area contributed by atoms with Crippen molar-refractivity contribution in [2.45, 2.75) is 97.2 Å². The Hall–Kier alpha value is -1.10. The summed E-state index contributed by atoms with van der Waals surface area (Å²) in [5, 5.41) is 10.2. The van der Waals surface area contributed by atoms with Gasteiger partial charge < -0.3 is 19.3 Å². The Labute approximate surface area is 176 Å². The molecule has 0 saturated carbocycles. The summed E-state index contributed by atoms with van der Waals surface area (Å²) in [5.74, 6) is 0.692. The van der Waals surface area contributed by atoms with Gasteiger partial charge in [0.1, 0.15) is 23.6 Å². The molecule has 0 spiro atoms. The molecule has 4 aliphatic rings. The summed E-state index contributed by atoms with van der Waals surface area (Å²) in [7, 11) is 0. The lowest BCUT2D eigenvalue weighted by Gasteiger charge is -2.43. The molecule has 0 amide bonds. The maximum absolute atomic E-state index is 10.2. The van der Waals surface area contributed by atoms with Crippen LogP contribution < -0.4 is 0 Å². The van der Waals surface area contributed by atoms with Crippen molar-refractivity contribution in [3.8, 4) is 0 Å². The van der Waals surface area contributed by atoms with Crippen LogP contribution >= 0.6 is 0 Å². The van der Waals surface area contributed by atoms with Gasteiger partial charge in [0.2, 0.25) is 0 Å². The van der Waals surface area contributed by atoms with Crippen molar-refractivity contribution in [1.29, 1.82) is 0 Å². The first-order valence-electron chi connectivity index (χ1n) is 11.3. The zero-order chi connectivity index (χ0) is 21.0. The van der Waals surface area contributed by atoms with E-state index >= 15 is 0 Å². The molecule has 5 atom stereocenters. The molecule has 0 radical (unpaired) electrons. The van der Waals surface area contributed by atoms with Gasteiger partial charge in [-0.3, -0.25) is 0 Å². The molecule has 1 fully saturated rings. The first-order chi connectivity index (χ1) is 13.5. The molecule has 0 aromatic rings. The number of hydrogen-bond donors (Lipinski definition) is 1. The summed E-state index contributed by atoms with van der Waals surface area (Å²) < 4.78 is 19.2. The standard InChI is InChI=1S/C25H38O4/c1-16-8-9-17-14-18-19(15-26)21-22(28-24(4,5)27-21)20(18)29-25(17,6)12-7-11-23(2,3)13-10-16/h7,10-11,17,19,21-22,26H,8-9,12-15H2,1-6H3/b11-7+,16-10+/t17-,19+,21-,22+,25+/m1/s1. The molecule has 1 saturated heterocycles. The first-order valence-corrected chi connectivity index (χ1v) is 11.3. The first kappa shape index (κ1) is 21.1. The van der Waals surface area contributed by atoms with Crippen molar-refractivity contribution in [2.24, 2.45) is 17.3 Å². The van der Waals surface area contributed by atoms with E-state index in [1.54, 1.807) is 0 Å². The lowest BCUT2D eigenvalue weighted by Crippen LogP contribution is -2.42. The van der Waals surface area contributed by atoms with Crippen LogP contribution in [0.3, 0.4) is 0 Å². The SMILES string of the molecule is C/C1=C\CC(C)(C)/C=C/C[C@]2(C)OC3=C(C[C@H]2CC1)[C@H](CO)[C@H]1OC(C)(C)O[C@@H]31. The number of aliphatic hydroxyl groups is 1. The second kappa shape index (κ2) is 7.25. The van der Waals surface area contributed by atoms with Gasteiger partial charge in [-0.2, -0.15) is 0 Å². The van der Waals surface area contributed by atoms with Crippen molar-refractivity contribution in [1.82, 2.24) is 0 Å². The molecule has 2 aliphatic carbocycles. The van der Waals surface area contributed by atoms with Gasteiger partial charge in [-0.15, -0.1) is 0 Å². The van der Waals surface area contributed by atoms with Crippen LogP contribution in [0.2, 0.25) is 0 Å². The number of allylic oxidation sites excluding steroid dienone is 3. The van der Waals surface area contributed by atoms with Gasteiger partial charge in [0, 0.05) is 18.3 Å². The third-order valence-corrected chi connectivity index (χ3v) is 7.37. The Kier molecular flexibility index (Phi) is 5.28. The summed E-state index contributed by atoms with van der Waals surface area (Å²) in [6, 6.07) is 0. The largest absolute Gasteiger partial charge is 0.488 e. The monoisotopic (exact) mass is 402 g/mol. The van der Waals surface area contributed by atoms with Gasteiger partial charge in [-0.05, 0) is 64.4 Å². The summed E-state index contributed by atoms with van der Waals surface area (Å²) >= 11 is 0. The normalized spacial score (nSPS) is 43.9. The van der Waals surface area contributed by atoms with E-state index in [1.807, 2.05) is 13.8 Å². The third kappa shape index (κ3) is 3.96. The van der Waals surface area contributed by atoms with Crippen molar-refractivity contribution >= 4 is 0 Å². The third-order valence-electron chi connectivity index (χ3n) is 7.37. The van der Waals surface area contributed by atoms with Gasteiger partial charge in [0.05, 0.1) is 6.61 Å². The lowest BCUT2D eigenvalue weighted by atomic mass is 9.75. The van der Waals surface area contributed by atoms with Crippen LogP contribution in [0.5, 0.6) is 0 Å². The minimum Gasteiger partial charge on any atom is -0.488 e. The Balaban J connectivity index is 1.67. The zero-order valence-corrected chi connectivity index (χ0v) is 19.0. The fourth-order valence-corrected chi connectivity index (χ4v) is 5.49. The van der Waals surface area contributed by atoms with Gasteiger partial charge in [-0.1, -0.05) is 37.6 Å². The van der Waals surface area contributed by atoms with Crippen molar-refractivity contribution in [3.05, 3.63) is 35.1 Å². The lowest BCUT2D eigenvalue weighted by molar-refractivity contribution is -0.160. The zero-order valence-electron chi connectivity index (χ0n) is 19.0. The van der Waals surface area contributed by atoms with Crippen LogP contribution in [0, 0.1) is 17.3 Å². The highest BCUT2D eigenvalue weighted by Gasteiger charge is 2.58. The number of hydrogen-bond acceptors (Lipinski definition) is 4. The van der Waals surface area contributed by atoms with Crippen LogP contribution in [0.1, 0.15) is 73.6 Å². The van der Waals surface area contributed by atoms with Gasteiger partial charge >= 0.3 is 0 Å². The van der Waals surface area contributed by atoms with E-state index in [9.17, 15) is 5.11 Å². The summed E-state index contributed by atoms with van der Waals surface area (Å²) in [6.45, 7) is 13.1.